The molecule has 1 fully saturated rings. The number of hydrogen-bond acceptors (Lipinski definition) is 7. The highest BCUT2D eigenvalue weighted by Crippen LogP contribution is 2.46. The van der Waals surface area contributed by atoms with E-state index >= 15 is 0 Å². The van der Waals surface area contributed by atoms with Gasteiger partial charge in [0.05, 0.1) is 11.2 Å². The minimum atomic E-state index is -1.50. The summed E-state index contributed by atoms with van der Waals surface area (Å²) < 4.78 is 13.1. The second-order valence-corrected chi connectivity index (χ2v) is 10.7. The second kappa shape index (κ2) is 15.7. The van der Waals surface area contributed by atoms with E-state index in [1.807, 2.05) is 18.2 Å². The lowest BCUT2D eigenvalue weighted by Crippen LogP contribution is -2.51. The summed E-state index contributed by atoms with van der Waals surface area (Å²) >= 11 is 0. The van der Waals surface area contributed by atoms with Crippen LogP contribution in [-0.2, 0) is 28.5 Å². The number of amides is 3. The molecule has 0 aliphatic carbocycles. The normalized spacial score (nSPS) is 16.6. The maximum atomic E-state index is 13.0. The van der Waals surface area contributed by atoms with Gasteiger partial charge in [0.2, 0.25) is 5.91 Å². The standard InChI is InChI=1S/C29H44BN3O10/c1-6-28(7-2)29(8-3,9-4)43-30(42-28)19-12-10-13-20(18-19)33(5)23(34)15-11-14-21(25(37)38)31-27(41)32-22(26(39)40)16-17-24(35)36/h10,12-13,18,21-22H,6-9,11,14-17H2,1-5H3,(H,35,36)(H,37,38)(H,39,40)(H2,31,32,41)/t21-,22-/m0/s1. The lowest BCUT2D eigenvalue weighted by atomic mass is 9.75. The third-order valence-electron chi connectivity index (χ3n) is 8.42. The van der Waals surface area contributed by atoms with Crippen molar-refractivity contribution >= 4 is 48.1 Å². The Kier molecular flexibility index (Phi) is 13.0. The molecule has 1 aromatic carbocycles. The molecule has 43 heavy (non-hydrogen) atoms. The number of benzene rings is 1. The van der Waals surface area contributed by atoms with Gasteiger partial charge in [0.15, 0.2) is 0 Å². The van der Waals surface area contributed by atoms with Crippen molar-refractivity contribution in [3.8, 4) is 0 Å². The first-order valence-electron chi connectivity index (χ1n) is 14.7. The van der Waals surface area contributed by atoms with Crippen LogP contribution in [0.1, 0.15) is 85.5 Å². The van der Waals surface area contributed by atoms with Crippen molar-refractivity contribution in [2.45, 2.75) is 109 Å². The highest BCUT2D eigenvalue weighted by Gasteiger charge is 2.58. The van der Waals surface area contributed by atoms with E-state index in [0.29, 0.717) is 5.69 Å². The van der Waals surface area contributed by atoms with Crippen LogP contribution >= 0.6 is 0 Å². The van der Waals surface area contributed by atoms with Crippen molar-refractivity contribution in [3.05, 3.63) is 24.3 Å². The highest BCUT2D eigenvalue weighted by molar-refractivity contribution is 6.62. The number of nitrogens with zero attached hydrogens (tertiary/aromatic N) is 1. The summed E-state index contributed by atoms with van der Waals surface area (Å²) in [6.45, 7) is 8.41. The summed E-state index contributed by atoms with van der Waals surface area (Å²) in [7, 11) is 1.04. The Morgan fingerprint density at radius 1 is 0.837 bits per heavy atom. The van der Waals surface area contributed by atoms with Gasteiger partial charge in [0.1, 0.15) is 12.1 Å². The predicted octanol–water partition coefficient (Wildman–Crippen LogP) is 2.75. The van der Waals surface area contributed by atoms with E-state index in [1.165, 1.54) is 4.90 Å². The highest BCUT2D eigenvalue weighted by atomic mass is 16.7. The van der Waals surface area contributed by atoms with E-state index in [4.69, 9.17) is 14.4 Å². The van der Waals surface area contributed by atoms with E-state index in [-0.39, 0.29) is 31.6 Å². The molecule has 2 atom stereocenters. The van der Waals surface area contributed by atoms with Crippen LogP contribution in [-0.4, -0.2) is 82.6 Å². The number of nitrogens with one attached hydrogen (secondary N) is 2. The van der Waals surface area contributed by atoms with Gasteiger partial charge in [-0.1, -0.05) is 39.8 Å². The third kappa shape index (κ3) is 8.70. The molecule has 238 valence electrons. The van der Waals surface area contributed by atoms with Crippen LogP contribution in [0.3, 0.4) is 0 Å². The van der Waals surface area contributed by atoms with Gasteiger partial charge in [-0.3, -0.25) is 9.59 Å². The SMILES string of the molecule is CCC1(CC)OB(c2cccc(N(C)C(=O)CCC[C@H](NC(=O)N[C@@H](CCC(=O)O)C(=O)O)C(=O)O)c2)OC1(CC)CC. The van der Waals surface area contributed by atoms with Crippen molar-refractivity contribution < 1.29 is 48.6 Å². The molecule has 2 rings (SSSR count). The molecular weight excluding hydrogens is 561 g/mol. The topological polar surface area (TPSA) is 192 Å². The summed E-state index contributed by atoms with van der Waals surface area (Å²) in [5.41, 5.74) is 0.568. The summed E-state index contributed by atoms with van der Waals surface area (Å²) in [6.07, 6.45) is 2.38. The molecule has 3 amide bonds. The Morgan fingerprint density at radius 2 is 1.35 bits per heavy atom. The molecular formula is C29H44BN3O10. The number of carboxylic acids is 3. The van der Waals surface area contributed by atoms with Crippen LogP contribution in [0.4, 0.5) is 10.5 Å². The number of carboxylic acid groups (broad SMARTS) is 3. The van der Waals surface area contributed by atoms with Crippen molar-refractivity contribution in [1.29, 1.82) is 0 Å². The first-order valence-corrected chi connectivity index (χ1v) is 14.7. The number of aliphatic carboxylic acids is 3. The van der Waals surface area contributed by atoms with Gasteiger partial charge in [0.25, 0.3) is 0 Å². The second-order valence-electron chi connectivity index (χ2n) is 10.7. The molecule has 5 N–H and O–H groups in total. The number of carbonyl (C=O) groups excluding carboxylic acids is 2. The molecule has 0 bridgehead atoms. The quantitative estimate of drug-likeness (QED) is 0.165. The van der Waals surface area contributed by atoms with E-state index in [2.05, 4.69) is 38.3 Å². The van der Waals surface area contributed by atoms with Gasteiger partial charge in [-0.15, -0.1) is 0 Å². The van der Waals surface area contributed by atoms with Crippen LogP contribution < -0.4 is 21.0 Å². The van der Waals surface area contributed by atoms with Gasteiger partial charge in [0, 0.05) is 25.6 Å². The monoisotopic (exact) mass is 605 g/mol. The van der Waals surface area contributed by atoms with Gasteiger partial charge < -0.3 is 40.2 Å². The van der Waals surface area contributed by atoms with Crippen LogP contribution in [0.2, 0.25) is 0 Å². The molecule has 1 heterocycles. The lowest BCUT2D eigenvalue weighted by molar-refractivity contribution is -0.140. The zero-order chi connectivity index (χ0) is 32.4. The zero-order valence-electron chi connectivity index (χ0n) is 25.6. The molecule has 0 saturated carbocycles. The van der Waals surface area contributed by atoms with Gasteiger partial charge in [-0.2, -0.15) is 0 Å². The van der Waals surface area contributed by atoms with E-state index in [0.717, 1.165) is 31.1 Å². The molecule has 0 unspecified atom stereocenters. The summed E-state index contributed by atoms with van der Waals surface area (Å²) in [4.78, 5) is 60.4. The minimum absolute atomic E-state index is 0.00976. The Morgan fingerprint density at radius 3 is 1.81 bits per heavy atom. The summed E-state index contributed by atoms with van der Waals surface area (Å²) in [5.74, 6) is -4.31. The van der Waals surface area contributed by atoms with Crippen molar-refractivity contribution in [2.75, 3.05) is 11.9 Å². The number of anilines is 1. The minimum Gasteiger partial charge on any atom is -0.481 e. The number of hydrogen-bond donors (Lipinski definition) is 5. The van der Waals surface area contributed by atoms with E-state index < -0.39 is 60.8 Å². The van der Waals surface area contributed by atoms with Crippen molar-refractivity contribution in [3.63, 3.8) is 0 Å². The summed E-state index contributed by atoms with van der Waals surface area (Å²) in [6, 6.07) is 3.39. The zero-order valence-corrected chi connectivity index (χ0v) is 25.6. The molecule has 1 saturated heterocycles. The lowest BCUT2D eigenvalue weighted by Gasteiger charge is -2.42. The number of rotatable bonds is 17. The van der Waals surface area contributed by atoms with Gasteiger partial charge in [-0.25, -0.2) is 14.4 Å². The maximum Gasteiger partial charge on any atom is 0.494 e. The molecule has 0 aromatic heterocycles. The molecule has 1 aliphatic heterocycles. The molecule has 0 spiro atoms. The van der Waals surface area contributed by atoms with Gasteiger partial charge >= 0.3 is 31.1 Å². The van der Waals surface area contributed by atoms with Crippen LogP contribution in [0.25, 0.3) is 0 Å². The third-order valence-corrected chi connectivity index (χ3v) is 8.42. The van der Waals surface area contributed by atoms with E-state index in [1.54, 1.807) is 13.1 Å². The smallest absolute Gasteiger partial charge is 0.481 e. The largest absolute Gasteiger partial charge is 0.494 e. The Hall–Kier alpha value is -3.65. The van der Waals surface area contributed by atoms with Gasteiger partial charge in [-0.05, 0) is 62.5 Å². The fraction of sp³-hybridized carbons (Fsp3) is 0.621. The first kappa shape index (κ1) is 35.6. The number of urea groups is 1. The molecule has 1 aromatic rings. The maximum absolute atomic E-state index is 13.0. The average Bonchev–Trinajstić information content (AvgIpc) is 3.33. The van der Waals surface area contributed by atoms with Crippen LogP contribution in [0, 0.1) is 0 Å². The molecule has 0 radical (unpaired) electrons. The van der Waals surface area contributed by atoms with Crippen molar-refractivity contribution in [1.82, 2.24) is 10.6 Å². The molecule has 13 nitrogen and oxygen atoms in total. The van der Waals surface area contributed by atoms with Crippen LogP contribution in [0.5, 0.6) is 0 Å². The fourth-order valence-corrected chi connectivity index (χ4v) is 5.70. The van der Waals surface area contributed by atoms with Crippen LogP contribution in [0.15, 0.2) is 24.3 Å². The molecule has 1 aliphatic rings. The predicted molar refractivity (Wildman–Crippen MR) is 159 cm³/mol. The molecule has 14 heteroatoms. The Bertz CT molecular complexity index is 1140. The summed E-state index contributed by atoms with van der Waals surface area (Å²) in [5, 5.41) is 31.7. The van der Waals surface area contributed by atoms with E-state index in [9.17, 15) is 34.2 Å². The Labute approximate surface area is 252 Å². The Balaban J connectivity index is 2.01. The fourth-order valence-electron chi connectivity index (χ4n) is 5.70. The first-order chi connectivity index (χ1) is 20.3. The number of carbonyl (C=O) groups is 5. The average molecular weight is 605 g/mol. The van der Waals surface area contributed by atoms with Crippen molar-refractivity contribution in [2.24, 2.45) is 0 Å².